The van der Waals surface area contributed by atoms with Crippen LogP contribution in [0.3, 0.4) is 0 Å². The van der Waals surface area contributed by atoms with E-state index in [0.29, 0.717) is 15.9 Å². The van der Waals surface area contributed by atoms with E-state index in [-0.39, 0.29) is 5.82 Å². The first-order valence-electron chi connectivity index (χ1n) is 3.74. The van der Waals surface area contributed by atoms with E-state index in [9.17, 15) is 4.39 Å². The van der Waals surface area contributed by atoms with Crippen molar-refractivity contribution in [1.29, 1.82) is 0 Å². The molecule has 0 bridgehead atoms. The number of ether oxygens (including phenoxy) is 1. The second-order valence-corrected chi connectivity index (χ2v) is 3.93. The lowest BCUT2D eigenvalue weighted by molar-refractivity contribution is 0.403. The normalized spacial score (nSPS) is 10.1. The summed E-state index contributed by atoms with van der Waals surface area (Å²) in [6.45, 7) is 0. The lowest BCUT2D eigenvalue weighted by Crippen LogP contribution is -1.92. The maximum Gasteiger partial charge on any atom is 0.139 e. The molecule has 0 aliphatic heterocycles. The van der Waals surface area contributed by atoms with Gasteiger partial charge in [0.1, 0.15) is 16.2 Å². The Morgan fingerprint density at radius 1 is 1.54 bits per heavy atom. The van der Waals surface area contributed by atoms with Gasteiger partial charge in [-0.05, 0) is 47.0 Å². The quantitative estimate of drug-likeness (QED) is 0.622. The van der Waals surface area contributed by atoms with Gasteiger partial charge in [0.15, 0.2) is 0 Å². The average molecular weight is 312 g/mol. The van der Waals surface area contributed by atoms with Crippen LogP contribution >= 0.6 is 34.4 Å². The van der Waals surface area contributed by atoms with Gasteiger partial charge in [0.05, 0.1) is 0 Å². The molecule has 0 heterocycles. The van der Waals surface area contributed by atoms with E-state index in [4.69, 9.17) is 4.74 Å². The molecule has 1 rings (SSSR count). The molecule has 0 spiro atoms. The fraction of sp³-hybridized carbons (Fsp3) is 0.333. The molecule has 0 amide bonds. The van der Waals surface area contributed by atoms with Gasteiger partial charge >= 0.3 is 0 Å². The average Bonchev–Trinajstić information content (AvgIpc) is 2.12. The second-order valence-electron chi connectivity index (χ2n) is 2.44. The lowest BCUT2D eigenvalue weighted by Gasteiger charge is -2.05. The summed E-state index contributed by atoms with van der Waals surface area (Å²) in [4.78, 5) is 0. The van der Waals surface area contributed by atoms with E-state index in [0.717, 1.165) is 5.75 Å². The molecule has 0 N–H and O–H groups in total. The van der Waals surface area contributed by atoms with E-state index in [2.05, 4.69) is 22.6 Å². The third-order valence-corrected chi connectivity index (χ3v) is 2.45. The smallest absolute Gasteiger partial charge is 0.139 e. The molecule has 0 saturated carbocycles. The second kappa shape index (κ2) is 5.70. The Morgan fingerprint density at radius 3 is 2.92 bits per heavy atom. The molecule has 1 aromatic carbocycles. The predicted octanol–water partition coefficient (Wildman–Crippen LogP) is 3.46. The van der Waals surface area contributed by atoms with Crippen LogP contribution in [0, 0.1) is 5.82 Å². The van der Waals surface area contributed by atoms with Crippen LogP contribution in [0.1, 0.15) is 5.56 Å². The van der Waals surface area contributed by atoms with Crippen molar-refractivity contribution in [1.82, 2.24) is 0 Å². The zero-order valence-corrected chi connectivity index (χ0v) is 10.2. The van der Waals surface area contributed by atoms with Gasteiger partial charge in [0, 0.05) is 11.3 Å². The molecule has 0 atom stereocenters. The van der Waals surface area contributed by atoms with Gasteiger partial charge < -0.3 is 4.74 Å². The number of benzene rings is 1. The minimum Gasteiger partial charge on any atom is -0.483 e. The third-order valence-electron chi connectivity index (χ3n) is 1.54. The van der Waals surface area contributed by atoms with Gasteiger partial charge in [-0.2, -0.15) is 11.8 Å². The molecule has 1 aromatic rings. The predicted molar refractivity (Wildman–Crippen MR) is 63.1 cm³/mol. The van der Waals surface area contributed by atoms with Crippen molar-refractivity contribution in [2.45, 2.75) is 5.75 Å². The van der Waals surface area contributed by atoms with Crippen molar-refractivity contribution in [3.05, 3.63) is 29.6 Å². The fourth-order valence-electron chi connectivity index (χ4n) is 0.970. The van der Waals surface area contributed by atoms with Crippen molar-refractivity contribution < 1.29 is 9.13 Å². The number of hydrogen-bond donors (Lipinski definition) is 0. The minimum absolute atomic E-state index is 0.157. The third kappa shape index (κ3) is 3.34. The summed E-state index contributed by atoms with van der Waals surface area (Å²) in [5.41, 5.74) is 0.704. The summed E-state index contributed by atoms with van der Waals surface area (Å²) in [7, 11) is 0. The molecule has 4 heteroatoms. The number of hydrogen-bond acceptors (Lipinski definition) is 2. The Bertz CT molecular complexity index is 280. The highest BCUT2D eigenvalue weighted by molar-refractivity contribution is 14.1. The molecular weight excluding hydrogens is 302 g/mol. The van der Waals surface area contributed by atoms with Gasteiger partial charge in [-0.15, -0.1) is 0 Å². The zero-order valence-electron chi connectivity index (χ0n) is 7.22. The summed E-state index contributed by atoms with van der Waals surface area (Å²) in [5, 5.41) is 0. The number of alkyl halides is 1. The summed E-state index contributed by atoms with van der Waals surface area (Å²) in [6, 6.07) is 4.86. The van der Waals surface area contributed by atoms with E-state index in [1.165, 1.54) is 6.07 Å². The number of thioether (sulfide) groups is 1. The van der Waals surface area contributed by atoms with E-state index < -0.39 is 0 Å². The highest BCUT2D eigenvalue weighted by Crippen LogP contribution is 2.20. The van der Waals surface area contributed by atoms with E-state index in [1.54, 1.807) is 23.9 Å². The zero-order chi connectivity index (χ0) is 9.68. The first-order chi connectivity index (χ1) is 6.27. The van der Waals surface area contributed by atoms with Crippen LogP contribution in [0.4, 0.5) is 4.39 Å². The van der Waals surface area contributed by atoms with Crippen LogP contribution in [0.5, 0.6) is 5.75 Å². The Kier molecular flexibility index (Phi) is 4.87. The number of rotatable bonds is 4. The molecule has 1 nitrogen and oxygen atoms in total. The fourth-order valence-corrected chi connectivity index (χ4v) is 1.86. The van der Waals surface area contributed by atoms with Crippen LogP contribution < -0.4 is 4.74 Å². The molecule has 0 radical (unpaired) electrons. The summed E-state index contributed by atoms with van der Waals surface area (Å²) in [6.07, 6.45) is 1.95. The van der Waals surface area contributed by atoms with Crippen molar-refractivity contribution in [2.75, 3.05) is 10.9 Å². The van der Waals surface area contributed by atoms with Crippen molar-refractivity contribution in [2.24, 2.45) is 0 Å². The molecule has 0 aromatic heterocycles. The van der Waals surface area contributed by atoms with Crippen LogP contribution in [0.25, 0.3) is 0 Å². The Balaban J connectivity index is 2.83. The SMILES string of the molecule is CSCc1cc(OCI)ccc1F. The largest absolute Gasteiger partial charge is 0.483 e. The topological polar surface area (TPSA) is 9.23 Å². The first-order valence-corrected chi connectivity index (χ1v) is 6.66. The van der Waals surface area contributed by atoms with Crippen LogP contribution in [-0.4, -0.2) is 10.9 Å². The van der Waals surface area contributed by atoms with Gasteiger partial charge in [-0.3, -0.25) is 0 Å². The van der Waals surface area contributed by atoms with Crippen molar-refractivity contribution in [3.8, 4) is 5.75 Å². The van der Waals surface area contributed by atoms with Crippen molar-refractivity contribution >= 4 is 34.4 Å². The van der Waals surface area contributed by atoms with E-state index >= 15 is 0 Å². The molecule has 72 valence electrons. The van der Waals surface area contributed by atoms with Crippen molar-refractivity contribution in [3.63, 3.8) is 0 Å². The summed E-state index contributed by atoms with van der Waals surface area (Å²) in [5.74, 6) is 1.26. The molecule has 0 aliphatic rings. The first kappa shape index (κ1) is 11.1. The monoisotopic (exact) mass is 312 g/mol. The molecule has 0 fully saturated rings. The van der Waals surface area contributed by atoms with E-state index in [1.807, 2.05) is 6.26 Å². The number of halogens is 2. The Hall–Kier alpha value is 0.0300. The summed E-state index contributed by atoms with van der Waals surface area (Å²) < 4.78 is 19.0. The molecule has 0 aliphatic carbocycles. The van der Waals surface area contributed by atoms with Crippen LogP contribution in [0.15, 0.2) is 18.2 Å². The van der Waals surface area contributed by atoms with Crippen LogP contribution in [0.2, 0.25) is 0 Å². The van der Waals surface area contributed by atoms with Crippen LogP contribution in [-0.2, 0) is 5.75 Å². The van der Waals surface area contributed by atoms with Gasteiger partial charge in [0.2, 0.25) is 0 Å². The van der Waals surface area contributed by atoms with Gasteiger partial charge in [0.25, 0.3) is 0 Å². The maximum atomic E-state index is 13.1. The minimum atomic E-state index is -0.157. The highest BCUT2D eigenvalue weighted by Gasteiger charge is 2.02. The molecule has 0 unspecified atom stereocenters. The van der Waals surface area contributed by atoms with Gasteiger partial charge in [-0.25, -0.2) is 4.39 Å². The molecule has 13 heavy (non-hydrogen) atoms. The maximum absolute atomic E-state index is 13.1. The summed E-state index contributed by atoms with van der Waals surface area (Å²) >= 11 is 3.71. The molecule has 0 saturated heterocycles. The standard InChI is InChI=1S/C9H10FIOS/c1-13-5-7-4-8(12-6-11)2-3-9(7)10/h2-4H,5-6H2,1H3. The molecular formula is C9H10FIOS. The van der Waals surface area contributed by atoms with Gasteiger partial charge in [-0.1, -0.05) is 0 Å². The highest BCUT2D eigenvalue weighted by atomic mass is 127. The lowest BCUT2D eigenvalue weighted by atomic mass is 10.2. The Morgan fingerprint density at radius 2 is 2.31 bits per heavy atom. The Labute approximate surface area is 95.2 Å².